The van der Waals surface area contributed by atoms with Gasteiger partial charge in [-0.3, -0.25) is 9.59 Å². The molecule has 2 N–H and O–H groups in total. The highest BCUT2D eigenvalue weighted by molar-refractivity contribution is 14.1. The molecule has 0 spiro atoms. The number of amides is 2. The topological polar surface area (TPSA) is 64.7 Å². The third-order valence-corrected chi connectivity index (χ3v) is 9.98. The zero-order chi connectivity index (χ0) is 31.3. The number of halogens is 1. The highest BCUT2D eigenvalue weighted by Crippen LogP contribution is 2.27. The molecule has 0 aromatic heterocycles. The molecule has 2 fully saturated rings. The van der Waals surface area contributed by atoms with Gasteiger partial charge in [-0.05, 0) is 80.1 Å². The molecule has 2 saturated heterocycles. The van der Waals surface area contributed by atoms with Crippen LogP contribution in [-0.4, -0.2) is 73.0 Å². The monoisotopic (exact) mass is 718 g/mol. The Kier molecular flexibility index (Phi) is 13.1. The van der Waals surface area contributed by atoms with Crippen LogP contribution in [0.1, 0.15) is 66.7 Å². The fourth-order valence-electron chi connectivity index (χ4n) is 6.50. The summed E-state index contributed by atoms with van der Waals surface area (Å²) in [6, 6.07) is 29.1. The van der Waals surface area contributed by atoms with E-state index in [1.54, 1.807) is 6.08 Å². The van der Waals surface area contributed by atoms with Gasteiger partial charge in [-0.15, -0.1) is 0 Å². The largest absolute Gasteiger partial charge is 0.351 e. The minimum Gasteiger partial charge on any atom is -0.351 e. The van der Waals surface area contributed by atoms with Crippen LogP contribution in [0.4, 0.5) is 0 Å². The van der Waals surface area contributed by atoms with Crippen LogP contribution in [-0.2, 0) is 14.0 Å². The molecule has 45 heavy (non-hydrogen) atoms. The lowest BCUT2D eigenvalue weighted by atomic mass is 9.90. The quantitative estimate of drug-likeness (QED) is 0.122. The third kappa shape index (κ3) is 10.2. The molecular formula is C38H47IN4O2. The highest BCUT2D eigenvalue weighted by Gasteiger charge is 2.32. The second kappa shape index (κ2) is 17.6. The number of carbonyl (C=O) groups is 2. The maximum Gasteiger partial charge on any atom is 0.244 e. The molecule has 2 atom stereocenters. The Morgan fingerprint density at radius 1 is 0.911 bits per heavy atom. The average Bonchev–Trinajstić information content (AvgIpc) is 3.24. The summed E-state index contributed by atoms with van der Waals surface area (Å²) in [4.78, 5) is 31.6. The van der Waals surface area contributed by atoms with Gasteiger partial charge in [0.05, 0.1) is 6.04 Å². The van der Waals surface area contributed by atoms with Crippen LogP contribution >= 0.6 is 22.6 Å². The molecule has 3 aromatic carbocycles. The number of nitrogens with one attached hydrogen (secondary N) is 2. The predicted octanol–water partition coefficient (Wildman–Crippen LogP) is 6.41. The van der Waals surface area contributed by atoms with E-state index in [0.717, 1.165) is 35.8 Å². The summed E-state index contributed by atoms with van der Waals surface area (Å²) >= 11 is 2.35. The van der Waals surface area contributed by atoms with Crippen LogP contribution in [0.3, 0.4) is 0 Å². The van der Waals surface area contributed by atoms with Crippen molar-refractivity contribution in [3.05, 3.63) is 113 Å². The molecular weight excluding hydrogens is 671 g/mol. The maximum absolute atomic E-state index is 14.2. The van der Waals surface area contributed by atoms with E-state index in [1.807, 2.05) is 30.3 Å². The summed E-state index contributed by atoms with van der Waals surface area (Å²) < 4.78 is 0.967. The lowest BCUT2D eigenvalue weighted by Crippen LogP contribution is -2.49. The molecule has 2 aliphatic heterocycles. The number of rotatable bonds is 13. The van der Waals surface area contributed by atoms with Crippen molar-refractivity contribution < 1.29 is 9.59 Å². The maximum atomic E-state index is 14.2. The van der Waals surface area contributed by atoms with E-state index in [0.29, 0.717) is 19.6 Å². The summed E-state index contributed by atoms with van der Waals surface area (Å²) in [5.41, 5.74) is 4.71. The first kappa shape index (κ1) is 33.4. The van der Waals surface area contributed by atoms with Crippen LogP contribution in [0, 0.1) is 0 Å². The Balaban J connectivity index is 1.26. The second-order valence-corrected chi connectivity index (χ2v) is 13.1. The van der Waals surface area contributed by atoms with E-state index in [9.17, 15) is 9.59 Å². The van der Waals surface area contributed by atoms with Gasteiger partial charge in [0.25, 0.3) is 0 Å². The Morgan fingerprint density at radius 3 is 2.22 bits per heavy atom. The Bertz CT molecular complexity index is 1320. The first-order valence-electron chi connectivity index (χ1n) is 16.6. The number of likely N-dealkylation sites (tertiary alicyclic amines) is 1. The average molecular weight is 719 g/mol. The van der Waals surface area contributed by atoms with Crippen LogP contribution in [0.15, 0.2) is 91.0 Å². The molecule has 2 heterocycles. The van der Waals surface area contributed by atoms with Gasteiger partial charge >= 0.3 is 0 Å². The summed E-state index contributed by atoms with van der Waals surface area (Å²) in [5.74, 6) is 0.156. The van der Waals surface area contributed by atoms with E-state index >= 15 is 0 Å². The first-order chi connectivity index (χ1) is 22.1. The van der Waals surface area contributed by atoms with E-state index in [-0.39, 0.29) is 29.8 Å². The second-order valence-electron chi connectivity index (χ2n) is 12.4. The summed E-state index contributed by atoms with van der Waals surface area (Å²) in [5, 5.41) is 6.77. The van der Waals surface area contributed by atoms with Crippen molar-refractivity contribution >= 4 is 40.5 Å². The van der Waals surface area contributed by atoms with Gasteiger partial charge in [-0.2, -0.15) is 0 Å². The summed E-state index contributed by atoms with van der Waals surface area (Å²) in [6.45, 7) is 5.14. The van der Waals surface area contributed by atoms with Crippen LogP contribution < -0.4 is 10.6 Å². The van der Waals surface area contributed by atoms with Gasteiger partial charge in [0.2, 0.25) is 11.8 Å². The molecule has 7 heteroatoms. The molecule has 0 aliphatic carbocycles. The van der Waals surface area contributed by atoms with Gasteiger partial charge in [-0.25, -0.2) is 0 Å². The molecule has 3 aromatic rings. The predicted molar refractivity (Wildman–Crippen MR) is 192 cm³/mol. The molecule has 238 valence electrons. The Labute approximate surface area is 282 Å². The van der Waals surface area contributed by atoms with Crippen LogP contribution in [0.25, 0.3) is 6.08 Å². The van der Waals surface area contributed by atoms with Crippen LogP contribution in [0.2, 0.25) is 0 Å². The van der Waals surface area contributed by atoms with Gasteiger partial charge in [0, 0.05) is 42.1 Å². The SMILES string of the molecule is O=C(/C=C/c1ccc(CI)cc1)NC[C@@H]1CCN(CC(c2ccccc2)c2ccccc2)C(=O)[C@H](CCCN2CCCCC2)N1. The van der Waals surface area contributed by atoms with E-state index < -0.39 is 0 Å². The minimum absolute atomic E-state index is 0.0196. The lowest BCUT2D eigenvalue weighted by Gasteiger charge is -2.30. The Hall–Kier alpha value is -3.01. The number of alkyl halides is 1. The van der Waals surface area contributed by atoms with Gasteiger partial charge in [0.15, 0.2) is 0 Å². The molecule has 2 aliphatic rings. The van der Waals surface area contributed by atoms with Crippen molar-refractivity contribution in [2.45, 2.75) is 61.0 Å². The zero-order valence-electron chi connectivity index (χ0n) is 26.3. The van der Waals surface area contributed by atoms with E-state index in [4.69, 9.17) is 0 Å². The van der Waals surface area contributed by atoms with Crippen LogP contribution in [0.5, 0.6) is 0 Å². The first-order valence-corrected chi connectivity index (χ1v) is 18.1. The van der Waals surface area contributed by atoms with E-state index in [2.05, 4.69) is 104 Å². The van der Waals surface area contributed by atoms with Crippen molar-refractivity contribution in [3.8, 4) is 0 Å². The number of piperidine rings is 1. The van der Waals surface area contributed by atoms with Gasteiger partial charge < -0.3 is 20.4 Å². The standard InChI is InChI=1S/C38H47IN4O2/c39-27-31-18-16-30(17-19-31)20-21-37(44)40-28-34-22-26-43(38(45)36(41-34)15-10-25-42-23-8-3-9-24-42)29-35(32-11-4-1-5-12-32)33-13-6-2-7-14-33/h1-2,4-7,11-14,16-21,34-36,41H,3,8-10,15,22-29H2,(H,40,44)/b21-20+/t34-,36-/m0/s1. The normalized spacial score (nSPS) is 19.6. The molecule has 6 nitrogen and oxygen atoms in total. The molecule has 0 saturated carbocycles. The number of hydrogen-bond donors (Lipinski definition) is 2. The van der Waals surface area contributed by atoms with Crippen molar-refractivity contribution in [2.75, 3.05) is 39.3 Å². The summed E-state index contributed by atoms with van der Waals surface area (Å²) in [6.07, 6.45) is 9.89. The fourth-order valence-corrected chi connectivity index (χ4v) is 7.01. The number of hydrogen-bond acceptors (Lipinski definition) is 4. The van der Waals surface area contributed by atoms with Crippen molar-refractivity contribution in [1.29, 1.82) is 0 Å². The minimum atomic E-state index is -0.265. The van der Waals surface area contributed by atoms with Gasteiger partial charge in [-0.1, -0.05) is 114 Å². The molecule has 2 amide bonds. The molecule has 5 rings (SSSR count). The number of nitrogens with zero attached hydrogens (tertiary/aromatic N) is 2. The fraction of sp³-hybridized carbons (Fsp3) is 0.421. The van der Waals surface area contributed by atoms with Crippen molar-refractivity contribution in [1.82, 2.24) is 20.4 Å². The Morgan fingerprint density at radius 2 is 1.58 bits per heavy atom. The number of benzene rings is 3. The zero-order valence-corrected chi connectivity index (χ0v) is 28.4. The van der Waals surface area contributed by atoms with E-state index in [1.165, 1.54) is 49.0 Å². The number of carbonyl (C=O) groups excluding carboxylic acids is 2. The van der Waals surface area contributed by atoms with Crippen molar-refractivity contribution in [3.63, 3.8) is 0 Å². The molecule has 0 unspecified atom stereocenters. The van der Waals surface area contributed by atoms with Crippen molar-refractivity contribution in [2.24, 2.45) is 0 Å². The van der Waals surface area contributed by atoms with Gasteiger partial charge in [0.1, 0.15) is 0 Å². The molecule has 0 radical (unpaired) electrons. The molecule has 0 bridgehead atoms. The smallest absolute Gasteiger partial charge is 0.244 e. The third-order valence-electron chi connectivity index (χ3n) is 9.10. The highest BCUT2D eigenvalue weighted by atomic mass is 127. The summed E-state index contributed by atoms with van der Waals surface area (Å²) in [7, 11) is 0. The lowest BCUT2D eigenvalue weighted by molar-refractivity contribution is -0.133.